The van der Waals surface area contributed by atoms with E-state index < -0.39 is 0 Å². The third kappa shape index (κ3) is 4.30. The first-order chi connectivity index (χ1) is 12.5. The van der Waals surface area contributed by atoms with E-state index in [4.69, 9.17) is 4.42 Å². The summed E-state index contributed by atoms with van der Waals surface area (Å²) in [6.45, 7) is 3.63. The van der Waals surface area contributed by atoms with E-state index in [9.17, 15) is 9.59 Å². The number of aryl methyl sites for hydroxylation is 1. The molecule has 1 aromatic heterocycles. The van der Waals surface area contributed by atoms with Gasteiger partial charge in [-0.1, -0.05) is 42.5 Å². The summed E-state index contributed by atoms with van der Waals surface area (Å²) in [5.41, 5.74) is 0.945. The molecule has 3 aromatic rings. The van der Waals surface area contributed by atoms with Crippen LogP contribution in [-0.4, -0.2) is 18.4 Å². The van der Waals surface area contributed by atoms with Crippen molar-refractivity contribution >= 4 is 22.6 Å². The van der Waals surface area contributed by atoms with Crippen molar-refractivity contribution in [3.8, 4) is 0 Å². The zero-order valence-corrected chi connectivity index (χ0v) is 14.9. The molecule has 0 spiro atoms. The summed E-state index contributed by atoms with van der Waals surface area (Å²) >= 11 is 0. The van der Waals surface area contributed by atoms with E-state index in [-0.39, 0.29) is 30.8 Å². The van der Waals surface area contributed by atoms with Crippen LogP contribution in [0.5, 0.6) is 0 Å². The van der Waals surface area contributed by atoms with Gasteiger partial charge >= 0.3 is 0 Å². The molecule has 1 heterocycles. The quantitative estimate of drug-likeness (QED) is 0.717. The minimum Gasteiger partial charge on any atom is -0.464 e. The summed E-state index contributed by atoms with van der Waals surface area (Å²) in [5.74, 6) is 1.05. The average Bonchev–Trinajstić information content (AvgIpc) is 3.07. The maximum absolute atomic E-state index is 12.2. The van der Waals surface area contributed by atoms with Gasteiger partial charge in [0, 0.05) is 0 Å². The van der Waals surface area contributed by atoms with E-state index >= 15 is 0 Å². The second-order valence-corrected chi connectivity index (χ2v) is 6.33. The Morgan fingerprint density at radius 2 is 1.77 bits per heavy atom. The van der Waals surface area contributed by atoms with Gasteiger partial charge in [-0.15, -0.1) is 0 Å². The van der Waals surface area contributed by atoms with Crippen LogP contribution in [0.25, 0.3) is 10.8 Å². The first-order valence-corrected chi connectivity index (χ1v) is 8.62. The molecule has 0 aliphatic rings. The Morgan fingerprint density at radius 3 is 2.54 bits per heavy atom. The van der Waals surface area contributed by atoms with Crippen LogP contribution in [0.1, 0.15) is 30.0 Å². The van der Waals surface area contributed by atoms with Crippen molar-refractivity contribution in [2.45, 2.75) is 26.3 Å². The van der Waals surface area contributed by atoms with E-state index in [1.54, 1.807) is 0 Å². The van der Waals surface area contributed by atoms with Gasteiger partial charge < -0.3 is 15.1 Å². The topological polar surface area (TPSA) is 71.3 Å². The van der Waals surface area contributed by atoms with Crippen LogP contribution >= 0.6 is 0 Å². The number of hydrogen-bond donors (Lipinski definition) is 2. The number of furan rings is 1. The highest BCUT2D eigenvalue weighted by molar-refractivity contribution is 5.91. The molecule has 0 aliphatic heterocycles. The molecule has 5 heteroatoms. The molecule has 1 unspecified atom stereocenters. The first-order valence-electron chi connectivity index (χ1n) is 8.62. The van der Waals surface area contributed by atoms with Crippen LogP contribution in [0.2, 0.25) is 0 Å². The van der Waals surface area contributed by atoms with Gasteiger partial charge in [0.1, 0.15) is 11.5 Å². The van der Waals surface area contributed by atoms with Crippen molar-refractivity contribution in [2.24, 2.45) is 0 Å². The lowest BCUT2D eigenvalue weighted by molar-refractivity contribution is -0.126. The molecule has 2 N–H and O–H groups in total. The monoisotopic (exact) mass is 350 g/mol. The molecule has 0 saturated heterocycles. The highest BCUT2D eigenvalue weighted by atomic mass is 16.3. The summed E-state index contributed by atoms with van der Waals surface area (Å²) in [6.07, 6.45) is 0.238. The molecule has 26 heavy (non-hydrogen) atoms. The van der Waals surface area contributed by atoms with Crippen LogP contribution in [0.3, 0.4) is 0 Å². The number of carbonyl (C=O) groups excluding carboxylic acids is 2. The Morgan fingerprint density at radius 1 is 1.00 bits per heavy atom. The van der Waals surface area contributed by atoms with Gasteiger partial charge in [-0.3, -0.25) is 9.59 Å². The molecule has 3 rings (SSSR count). The first kappa shape index (κ1) is 17.7. The average molecular weight is 350 g/mol. The zero-order valence-electron chi connectivity index (χ0n) is 14.9. The minimum atomic E-state index is -0.252. The van der Waals surface area contributed by atoms with Crippen LogP contribution in [0, 0.1) is 6.92 Å². The molecule has 0 saturated carbocycles. The highest BCUT2D eigenvalue weighted by Gasteiger charge is 2.14. The van der Waals surface area contributed by atoms with Crippen molar-refractivity contribution in [2.75, 3.05) is 6.54 Å². The summed E-state index contributed by atoms with van der Waals surface area (Å²) < 4.78 is 5.49. The summed E-state index contributed by atoms with van der Waals surface area (Å²) in [4.78, 5) is 24.2. The maximum atomic E-state index is 12.2. The lowest BCUT2D eigenvalue weighted by atomic mass is 10.0. The van der Waals surface area contributed by atoms with Crippen LogP contribution in [0.4, 0.5) is 0 Å². The van der Waals surface area contributed by atoms with E-state index in [1.807, 2.05) is 68.4 Å². The molecule has 0 bridgehead atoms. The smallest absolute Gasteiger partial charge is 0.239 e. The number of amides is 2. The summed E-state index contributed by atoms with van der Waals surface area (Å²) in [7, 11) is 0. The van der Waals surface area contributed by atoms with Gasteiger partial charge in [-0.25, -0.2) is 0 Å². The lowest BCUT2D eigenvalue weighted by Gasteiger charge is -2.12. The SMILES string of the molecule is Cc1ccc(C(C)NC(=O)CNC(=O)Cc2cccc3ccccc23)o1. The normalized spacial score (nSPS) is 11.9. The van der Waals surface area contributed by atoms with Crippen LogP contribution < -0.4 is 10.6 Å². The fourth-order valence-corrected chi connectivity index (χ4v) is 2.91. The number of hydrogen-bond acceptors (Lipinski definition) is 3. The van der Waals surface area contributed by atoms with Gasteiger partial charge in [0.05, 0.1) is 19.0 Å². The van der Waals surface area contributed by atoms with Gasteiger partial charge in [0.2, 0.25) is 11.8 Å². The van der Waals surface area contributed by atoms with Crippen molar-refractivity contribution in [3.63, 3.8) is 0 Å². The van der Waals surface area contributed by atoms with Crippen molar-refractivity contribution < 1.29 is 14.0 Å². The highest BCUT2D eigenvalue weighted by Crippen LogP contribution is 2.19. The molecule has 134 valence electrons. The second kappa shape index (κ2) is 7.87. The molecule has 2 aromatic carbocycles. The number of rotatable bonds is 6. The predicted octanol–water partition coefficient (Wildman–Crippen LogP) is 3.28. The Balaban J connectivity index is 1.53. The minimum absolute atomic E-state index is 0.0619. The number of fused-ring (bicyclic) bond motifs is 1. The van der Waals surface area contributed by atoms with E-state index in [2.05, 4.69) is 10.6 Å². The largest absolute Gasteiger partial charge is 0.464 e. The van der Waals surface area contributed by atoms with Gasteiger partial charge in [0.25, 0.3) is 0 Å². The summed E-state index contributed by atoms with van der Waals surface area (Å²) in [6, 6.07) is 17.3. The molecule has 1 atom stereocenters. The third-order valence-corrected chi connectivity index (χ3v) is 4.24. The molecule has 0 aliphatic carbocycles. The maximum Gasteiger partial charge on any atom is 0.239 e. The number of carbonyl (C=O) groups is 2. The fourth-order valence-electron chi connectivity index (χ4n) is 2.91. The molecule has 0 fully saturated rings. The van der Waals surface area contributed by atoms with E-state index in [1.165, 1.54) is 0 Å². The van der Waals surface area contributed by atoms with E-state index in [0.29, 0.717) is 5.76 Å². The van der Waals surface area contributed by atoms with E-state index in [0.717, 1.165) is 22.1 Å². The number of benzene rings is 2. The molecule has 5 nitrogen and oxygen atoms in total. The lowest BCUT2D eigenvalue weighted by Crippen LogP contribution is -2.38. The Kier molecular flexibility index (Phi) is 5.37. The van der Waals surface area contributed by atoms with Crippen molar-refractivity contribution in [1.29, 1.82) is 0 Å². The van der Waals surface area contributed by atoms with Crippen molar-refractivity contribution in [1.82, 2.24) is 10.6 Å². The van der Waals surface area contributed by atoms with Gasteiger partial charge in [-0.05, 0) is 42.3 Å². The molecule has 2 amide bonds. The predicted molar refractivity (Wildman–Crippen MR) is 101 cm³/mol. The Bertz CT molecular complexity index is 924. The Hall–Kier alpha value is -3.08. The van der Waals surface area contributed by atoms with Gasteiger partial charge in [0.15, 0.2) is 0 Å². The second-order valence-electron chi connectivity index (χ2n) is 6.33. The Labute approximate surface area is 152 Å². The van der Waals surface area contributed by atoms with Crippen LogP contribution in [0.15, 0.2) is 59.0 Å². The van der Waals surface area contributed by atoms with Gasteiger partial charge in [-0.2, -0.15) is 0 Å². The van der Waals surface area contributed by atoms with Crippen LogP contribution in [-0.2, 0) is 16.0 Å². The zero-order chi connectivity index (χ0) is 18.5. The number of nitrogens with one attached hydrogen (secondary N) is 2. The third-order valence-electron chi connectivity index (χ3n) is 4.24. The molecular formula is C21H22N2O3. The fraction of sp³-hybridized carbons (Fsp3) is 0.238. The molecule has 0 radical (unpaired) electrons. The summed E-state index contributed by atoms with van der Waals surface area (Å²) in [5, 5.41) is 7.63. The van der Waals surface area contributed by atoms with Crippen molar-refractivity contribution in [3.05, 3.63) is 71.7 Å². The standard InChI is InChI=1S/C21H22N2O3/c1-14-10-11-19(26-14)15(2)23-21(25)13-22-20(24)12-17-8-5-7-16-6-3-4-9-18(16)17/h3-11,15H,12-13H2,1-2H3,(H,22,24)(H,23,25). The molecular weight excluding hydrogens is 328 g/mol.